The molecule has 0 radical (unpaired) electrons. The van der Waals surface area contributed by atoms with Gasteiger partial charge >= 0.3 is 6.03 Å². The highest BCUT2D eigenvalue weighted by Crippen LogP contribution is 2.22. The fraction of sp³-hybridized carbons (Fsp3) is 0.556. The Bertz CT molecular complexity index is 692. The molecular formula is C18H27N5OS2. The van der Waals surface area contributed by atoms with Crippen molar-refractivity contribution in [1.29, 1.82) is 0 Å². The summed E-state index contributed by atoms with van der Waals surface area (Å²) in [5.74, 6) is 0. The van der Waals surface area contributed by atoms with Gasteiger partial charge in [0.2, 0.25) is 0 Å². The lowest BCUT2D eigenvalue weighted by molar-refractivity contribution is 0.133. The highest BCUT2D eigenvalue weighted by molar-refractivity contribution is 7.10. The second-order valence-corrected chi connectivity index (χ2v) is 8.84. The van der Waals surface area contributed by atoms with Crippen LogP contribution in [0.25, 0.3) is 0 Å². The van der Waals surface area contributed by atoms with Gasteiger partial charge in [-0.15, -0.1) is 22.7 Å². The number of piperazine rings is 1. The molecule has 1 fully saturated rings. The van der Waals surface area contributed by atoms with Crippen LogP contribution < -0.4 is 5.32 Å². The zero-order chi connectivity index (χ0) is 18.5. The van der Waals surface area contributed by atoms with E-state index < -0.39 is 0 Å². The molecule has 0 bridgehead atoms. The van der Waals surface area contributed by atoms with Gasteiger partial charge in [0.05, 0.1) is 16.7 Å². The quantitative estimate of drug-likeness (QED) is 0.820. The fourth-order valence-corrected chi connectivity index (χ4v) is 4.66. The fourth-order valence-electron chi connectivity index (χ4n) is 3.13. The number of likely N-dealkylation sites (N-methyl/N-ethyl adjacent to an activating group) is 1. The van der Waals surface area contributed by atoms with Crippen LogP contribution >= 0.6 is 22.7 Å². The Morgan fingerprint density at radius 1 is 1.31 bits per heavy atom. The summed E-state index contributed by atoms with van der Waals surface area (Å²) in [5.41, 5.74) is 1.13. The Balaban J connectivity index is 1.44. The molecule has 0 aliphatic carbocycles. The van der Waals surface area contributed by atoms with Crippen molar-refractivity contribution in [2.45, 2.75) is 19.5 Å². The van der Waals surface area contributed by atoms with Gasteiger partial charge < -0.3 is 15.1 Å². The van der Waals surface area contributed by atoms with Crippen LogP contribution in [0, 0.1) is 6.92 Å². The summed E-state index contributed by atoms with van der Waals surface area (Å²) in [4.78, 5) is 24.8. The van der Waals surface area contributed by atoms with Gasteiger partial charge in [0.25, 0.3) is 0 Å². The number of nitrogens with zero attached hydrogens (tertiary/aromatic N) is 4. The summed E-state index contributed by atoms with van der Waals surface area (Å²) in [6.07, 6.45) is 0. The van der Waals surface area contributed by atoms with Crippen molar-refractivity contribution in [3.8, 4) is 0 Å². The molecule has 0 aromatic carbocycles. The molecule has 1 aliphatic heterocycles. The van der Waals surface area contributed by atoms with Crippen molar-refractivity contribution in [2.75, 3.05) is 46.8 Å². The molecule has 1 N–H and O–H groups in total. The minimum atomic E-state index is 0.0394. The number of hydrogen-bond donors (Lipinski definition) is 1. The molecule has 26 heavy (non-hydrogen) atoms. The number of thiazole rings is 1. The van der Waals surface area contributed by atoms with E-state index >= 15 is 0 Å². The van der Waals surface area contributed by atoms with Gasteiger partial charge in [-0.25, -0.2) is 9.78 Å². The summed E-state index contributed by atoms with van der Waals surface area (Å²) < 4.78 is 0. The SMILES string of the molecule is Cc1nc(CN2CCN(C(=O)NCC(c3cccs3)N(C)C)CC2)cs1. The van der Waals surface area contributed by atoms with Crippen LogP contribution in [0.5, 0.6) is 0 Å². The number of carbonyl (C=O) groups excluding carboxylic acids is 1. The van der Waals surface area contributed by atoms with E-state index in [1.807, 2.05) is 11.8 Å². The first-order chi connectivity index (χ1) is 12.5. The summed E-state index contributed by atoms with van der Waals surface area (Å²) in [7, 11) is 4.10. The van der Waals surface area contributed by atoms with Gasteiger partial charge in [-0.1, -0.05) is 6.07 Å². The molecule has 1 saturated heterocycles. The van der Waals surface area contributed by atoms with Crippen LogP contribution in [0.15, 0.2) is 22.9 Å². The Morgan fingerprint density at radius 2 is 2.08 bits per heavy atom. The van der Waals surface area contributed by atoms with E-state index in [1.54, 1.807) is 22.7 Å². The van der Waals surface area contributed by atoms with Gasteiger partial charge in [-0.2, -0.15) is 0 Å². The van der Waals surface area contributed by atoms with Gasteiger partial charge in [0, 0.05) is 49.5 Å². The highest BCUT2D eigenvalue weighted by atomic mass is 32.1. The van der Waals surface area contributed by atoms with Crippen molar-refractivity contribution in [3.63, 3.8) is 0 Å². The van der Waals surface area contributed by atoms with Crippen molar-refractivity contribution >= 4 is 28.7 Å². The van der Waals surface area contributed by atoms with E-state index in [2.05, 4.69) is 57.1 Å². The number of thiophene rings is 1. The minimum absolute atomic E-state index is 0.0394. The van der Waals surface area contributed by atoms with Crippen LogP contribution in [0.3, 0.4) is 0 Å². The summed E-state index contributed by atoms with van der Waals surface area (Å²) in [6.45, 7) is 6.86. The summed E-state index contributed by atoms with van der Waals surface area (Å²) in [6, 6.07) is 4.44. The molecule has 0 spiro atoms. The maximum atomic E-state index is 12.5. The smallest absolute Gasteiger partial charge is 0.317 e. The van der Waals surface area contributed by atoms with Crippen LogP contribution in [0.4, 0.5) is 4.79 Å². The maximum absolute atomic E-state index is 12.5. The number of rotatable bonds is 6. The Morgan fingerprint density at radius 3 is 2.65 bits per heavy atom. The van der Waals surface area contributed by atoms with Crippen LogP contribution in [-0.2, 0) is 6.54 Å². The number of hydrogen-bond acceptors (Lipinski definition) is 6. The Hall–Kier alpha value is -1.48. The molecule has 0 saturated carbocycles. The van der Waals surface area contributed by atoms with E-state index in [9.17, 15) is 4.79 Å². The molecular weight excluding hydrogens is 366 g/mol. The average Bonchev–Trinajstić information content (AvgIpc) is 3.27. The van der Waals surface area contributed by atoms with Crippen LogP contribution in [0.1, 0.15) is 21.6 Å². The van der Waals surface area contributed by atoms with E-state index in [0.29, 0.717) is 6.54 Å². The molecule has 2 aromatic rings. The van der Waals surface area contributed by atoms with Gasteiger partial charge in [-0.05, 0) is 32.5 Å². The van der Waals surface area contributed by atoms with Crippen molar-refractivity contribution in [3.05, 3.63) is 38.5 Å². The van der Waals surface area contributed by atoms with Gasteiger partial charge in [0.15, 0.2) is 0 Å². The third kappa shape index (κ3) is 5.03. The molecule has 1 unspecified atom stereocenters. The van der Waals surface area contributed by atoms with E-state index in [1.165, 1.54) is 4.88 Å². The van der Waals surface area contributed by atoms with Crippen molar-refractivity contribution in [1.82, 2.24) is 25.0 Å². The number of nitrogens with one attached hydrogen (secondary N) is 1. The van der Waals surface area contributed by atoms with Crippen LogP contribution in [-0.4, -0.2) is 72.5 Å². The number of carbonyl (C=O) groups is 1. The third-order valence-corrected chi connectivity index (χ3v) is 6.45. The molecule has 1 aliphatic rings. The standard InChI is InChI=1S/C18H27N5OS2/c1-14-20-15(13-26-14)12-22-6-8-23(9-7-22)18(24)19-11-16(21(2)3)17-5-4-10-25-17/h4-5,10,13,16H,6-9,11-12H2,1-3H3,(H,19,24). The predicted molar refractivity (Wildman–Crippen MR) is 108 cm³/mol. The van der Waals surface area contributed by atoms with Gasteiger partial charge in [0.1, 0.15) is 0 Å². The topological polar surface area (TPSA) is 51.7 Å². The molecule has 3 rings (SSSR count). The van der Waals surface area contributed by atoms with Crippen molar-refractivity contribution in [2.24, 2.45) is 0 Å². The first-order valence-corrected chi connectivity index (χ1v) is 10.6. The third-order valence-electron chi connectivity index (χ3n) is 4.65. The van der Waals surface area contributed by atoms with Crippen molar-refractivity contribution < 1.29 is 4.79 Å². The lowest BCUT2D eigenvalue weighted by Gasteiger charge is -2.35. The predicted octanol–water partition coefficient (Wildman–Crippen LogP) is 2.64. The molecule has 2 amide bonds. The molecule has 6 nitrogen and oxygen atoms in total. The second kappa shape index (κ2) is 8.94. The first kappa shape index (κ1) is 19.3. The maximum Gasteiger partial charge on any atom is 0.317 e. The number of aryl methyl sites for hydroxylation is 1. The molecule has 1 atom stereocenters. The Kier molecular flexibility index (Phi) is 6.63. The lowest BCUT2D eigenvalue weighted by atomic mass is 10.2. The van der Waals surface area contributed by atoms with Crippen LogP contribution in [0.2, 0.25) is 0 Å². The first-order valence-electron chi connectivity index (χ1n) is 8.89. The normalized spacial score (nSPS) is 16.8. The summed E-state index contributed by atoms with van der Waals surface area (Å²) >= 11 is 3.42. The monoisotopic (exact) mass is 393 g/mol. The molecule has 3 heterocycles. The highest BCUT2D eigenvalue weighted by Gasteiger charge is 2.23. The number of urea groups is 1. The van der Waals surface area contributed by atoms with Gasteiger partial charge in [-0.3, -0.25) is 4.90 Å². The Labute approximate surface area is 163 Å². The largest absolute Gasteiger partial charge is 0.336 e. The molecule has 142 valence electrons. The average molecular weight is 394 g/mol. The molecule has 8 heteroatoms. The van der Waals surface area contributed by atoms with E-state index in [4.69, 9.17) is 0 Å². The van der Waals surface area contributed by atoms with E-state index in [-0.39, 0.29) is 12.1 Å². The zero-order valence-corrected chi connectivity index (χ0v) is 17.3. The number of amides is 2. The lowest BCUT2D eigenvalue weighted by Crippen LogP contribution is -2.52. The summed E-state index contributed by atoms with van der Waals surface area (Å²) in [5, 5.41) is 8.43. The molecule has 2 aromatic heterocycles. The van der Waals surface area contributed by atoms with E-state index in [0.717, 1.165) is 43.4 Å². The minimum Gasteiger partial charge on any atom is -0.336 e. The number of aromatic nitrogens is 1. The zero-order valence-electron chi connectivity index (χ0n) is 15.6. The second-order valence-electron chi connectivity index (χ2n) is 6.80.